The summed E-state index contributed by atoms with van der Waals surface area (Å²) >= 11 is 3.53. The number of nitrogens with one attached hydrogen (secondary N) is 2. The molecule has 2 unspecified atom stereocenters. The molecule has 135 heavy (non-hydrogen) atoms. The van der Waals surface area contributed by atoms with Gasteiger partial charge in [0.05, 0.1) is 23.5 Å². The highest BCUT2D eigenvalue weighted by molar-refractivity contribution is 9.10. The van der Waals surface area contributed by atoms with Crippen molar-refractivity contribution >= 4 is 105 Å². The summed E-state index contributed by atoms with van der Waals surface area (Å²) in [6.07, 6.45) is 0. The third kappa shape index (κ3) is 15.1. The lowest BCUT2D eigenvalue weighted by Gasteiger charge is -2.46. The lowest BCUT2D eigenvalue weighted by Crippen LogP contribution is -2.33. The Morgan fingerprint density at radius 3 is 0.778 bits per heavy atom. The minimum atomic E-state index is 0.103. The fraction of sp³-hybridized carbons (Fsp3) is 0.0156. The molecule has 6 nitrogen and oxygen atoms in total. The van der Waals surface area contributed by atoms with E-state index in [0.29, 0.717) is 0 Å². The largest absolute Gasteiger partial charge is 0.398 e. The molecule has 2 atom stereocenters. The molecule has 22 aromatic carbocycles. The Morgan fingerprint density at radius 2 is 0.415 bits per heavy atom. The number of nitrogen functional groups attached to an aromatic ring is 2. The molecule has 0 saturated carbocycles. The van der Waals surface area contributed by atoms with Crippen LogP contribution in [0, 0.1) is 0 Å². The zero-order valence-electron chi connectivity index (χ0n) is 74.0. The lowest BCUT2D eigenvalue weighted by molar-refractivity contribution is 0.802. The summed E-state index contributed by atoms with van der Waals surface area (Å²) in [5.74, 6) is 0. The van der Waals surface area contributed by atoms with Gasteiger partial charge >= 0.3 is 0 Å². The van der Waals surface area contributed by atoms with Crippen molar-refractivity contribution in [2.45, 2.75) is 12.1 Å². The molecule has 6 N–H and O–H groups in total. The zero-order valence-corrected chi connectivity index (χ0v) is 75.6. The van der Waals surface area contributed by atoms with Gasteiger partial charge < -0.3 is 31.9 Å². The Kier molecular flexibility index (Phi) is 21.9. The number of halogens is 1. The molecular formula is C128H91BrN6. The maximum atomic E-state index is 6.31. The second-order valence-electron chi connectivity index (χ2n) is 34.6. The van der Waals surface area contributed by atoms with E-state index in [1.54, 1.807) is 0 Å². The van der Waals surface area contributed by atoms with E-state index in [4.69, 9.17) is 11.5 Å². The summed E-state index contributed by atoms with van der Waals surface area (Å²) in [4.78, 5) is 5.21. The molecule has 0 aliphatic carbocycles. The molecule has 0 saturated heterocycles. The predicted octanol–water partition coefficient (Wildman–Crippen LogP) is 35.1. The molecule has 640 valence electrons. The van der Waals surface area contributed by atoms with Gasteiger partial charge in [0.25, 0.3) is 0 Å². The average molecular weight is 1790 g/mol. The van der Waals surface area contributed by atoms with Gasteiger partial charge in [-0.3, -0.25) is 0 Å². The molecule has 7 heteroatoms. The van der Waals surface area contributed by atoms with E-state index in [0.717, 1.165) is 82.8 Å². The van der Waals surface area contributed by atoms with Crippen LogP contribution in [0.5, 0.6) is 0 Å². The van der Waals surface area contributed by atoms with Crippen LogP contribution in [-0.4, -0.2) is 0 Å². The Labute approximate surface area is 795 Å². The summed E-state index contributed by atoms with van der Waals surface area (Å²) < 4.78 is 1.14. The first kappa shape index (κ1) is 82.3. The minimum Gasteiger partial charge on any atom is -0.398 e. The highest BCUT2D eigenvalue weighted by atomic mass is 79.9. The van der Waals surface area contributed by atoms with Gasteiger partial charge in [-0.2, -0.15) is 0 Å². The van der Waals surface area contributed by atoms with Gasteiger partial charge in [0.1, 0.15) is 0 Å². The number of rotatable bonds is 11. The van der Waals surface area contributed by atoms with Gasteiger partial charge in [0.15, 0.2) is 0 Å². The number of nitrogens with two attached hydrogens (primary N) is 2. The maximum Gasteiger partial charge on any atom is 0.0857 e. The Hall–Kier alpha value is -17.1. The third-order valence-electron chi connectivity index (χ3n) is 26.9. The highest BCUT2D eigenvalue weighted by Crippen LogP contribution is 2.63. The number of anilines is 10. The first-order valence-corrected chi connectivity index (χ1v) is 46.9. The highest BCUT2D eigenvalue weighted by Gasteiger charge is 2.43. The minimum absolute atomic E-state index is 0.103. The van der Waals surface area contributed by atoms with Gasteiger partial charge in [0, 0.05) is 106 Å². The Bertz CT molecular complexity index is 7770. The molecule has 0 radical (unpaired) electrons. The molecular weight excluding hydrogens is 1700 g/mol. The smallest absolute Gasteiger partial charge is 0.0857 e. The van der Waals surface area contributed by atoms with Crippen LogP contribution in [0.3, 0.4) is 0 Å². The van der Waals surface area contributed by atoms with Crippen LogP contribution in [0.15, 0.2) is 508 Å². The van der Waals surface area contributed by atoms with E-state index in [-0.39, 0.29) is 12.1 Å². The van der Waals surface area contributed by atoms with Crippen LogP contribution < -0.4 is 31.9 Å². The first-order chi connectivity index (χ1) is 66.8. The molecule has 0 aromatic heterocycles. The van der Waals surface area contributed by atoms with Crippen molar-refractivity contribution in [2.75, 3.05) is 31.9 Å². The fourth-order valence-corrected chi connectivity index (χ4v) is 21.5. The Morgan fingerprint density at radius 1 is 0.170 bits per heavy atom. The number of fused-ring (bicyclic) bond motifs is 27. The van der Waals surface area contributed by atoms with Gasteiger partial charge in [-0.1, -0.05) is 453 Å². The number of para-hydroxylation sites is 4. The number of hydrogen-bond acceptors (Lipinski definition) is 6. The second kappa shape index (κ2) is 36.0. The summed E-state index contributed by atoms with van der Waals surface area (Å²) in [6.45, 7) is 0. The molecule has 4 aliphatic rings. The lowest BCUT2D eigenvalue weighted by atomic mass is 9.75. The molecule has 22 aromatic rings. The summed E-state index contributed by atoms with van der Waals surface area (Å²) in [5.41, 5.74) is 55.6. The number of nitrogens with zero attached hydrogens (tertiary/aromatic N) is 2. The summed E-state index contributed by atoms with van der Waals surface area (Å²) in [7, 11) is 0. The first-order valence-electron chi connectivity index (χ1n) is 46.1. The van der Waals surface area contributed by atoms with Gasteiger partial charge in [0.2, 0.25) is 0 Å². The van der Waals surface area contributed by atoms with Crippen molar-refractivity contribution in [3.05, 3.63) is 530 Å². The van der Waals surface area contributed by atoms with Crippen molar-refractivity contribution in [1.29, 1.82) is 0 Å². The van der Waals surface area contributed by atoms with E-state index in [1.165, 1.54) is 156 Å². The van der Waals surface area contributed by atoms with Crippen molar-refractivity contribution in [3.63, 3.8) is 0 Å². The van der Waals surface area contributed by atoms with E-state index in [2.05, 4.69) is 473 Å². The molecule has 0 spiro atoms. The molecule has 0 amide bonds. The molecule has 0 fully saturated rings. The standard InChI is InChI=1S/C48H30N2.C46H34N2.C22H18N2.C12H9Br/c1-5-19-37-29(13-1)31-15-9-11-23-41(31)49-43-27-25-36-35(45(43)33-17-3-7-21-39(33)47(37)49)26-28-44-46(36)34-18-4-8-22-40(34)48-38-20-6-2-14-30(38)32-16-10-12-24-42(32)50(44)48;1-5-17-33(18-6-1)37-25-13-15-27-41(37)47-43-31-29-40-39(45(43)35-21-9-3-10-22-35)30-32-44(46(40)36-23-11-4-12-24-36)48-42-28-16-14-26-38(42)34-19-7-2-8-20-34;23-19-13-12-18-17(21(19)15-7-3-1-4-8-15)11-14-20(24)22(18)16-9-5-2-6-10-16;13-12-9-5-4-8-11(12)10-6-2-1-3-7-10/h1-28,47-48H;1-32,47-48H;1-14H,23-24H2;1-9H. The van der Waals surface area contributed by atoms with E-state index in [1.807, 2.05) is 66.7 Å². The van der Waals surface area contributed by atoms with E-state index in [9.17, 15) is 0 Å². The fourth-order valence-electron chi connectivity index (χ4n) is 21.0. The van der Waals surface area contributed by atoms with Crippen LogP contribution in [0.4, 0.5) is 56.9 Å². The van der Waals surface area contributed by atoms with Crippen molar-refractivity contribution < 1.29 is 0 Å². The summed E-state index contributed by atoms with van der Waals surface area (Å²) in [5, 5.41) is 14.9. The van der Waals surface area contributed by atoms with Crippen molar-refractivity contribution in [1.82, 2.24) is 0 Å². The topological polar surface area (TPSA) is 82.6 Å². The summed E-state index contributed by atoms with van der Waals surface area (Å²) in [6, 6.07) is 180. The van der Waals surface area contributed by atoms with E-state index >= 15 is 0 Å². The monoisotopic (exact) mass is 1790 g/mol. The predicted molar refractivity (Wildman–Crippen MR) is 575 cm³/mol. The molecule has 26 rings (SSSR count). The van der Waals surface area contributed by atoms with Crippen LogP contribution in [0.25, 0.3) is 155 Å². The molecule has 0 bridgehead atoms. The van der Waals surface area contributed by atoms with Crippen molar-refractivity contribution in [2.24, 2.45) is 0 Å². The SMILES string of the molecule is Brc1ccccc1-c1ccccc1.Nc1ccc2c(-c3ccccc3)c(N)ccc2c1-c1ccccc1.c1ccc(-c2ccccc2Nc2ccc3c(-c4ccccc4)c(Nc4ccccc4-c4ccccc4)ccc3c2-c2ccccc2)cc1.c1ccc2c(c1)-c1ccccc1N1c3ccc4c5c(ccc4c3-c3ccccc3C21)N1c2ccccc2-c2ccccc2C1c1ccccc1-5. The third-order valence-corrected chi connectivity index (χ3v) is 27.6. The van der Waals surface area contributed by atoms with Crippen molar-refractivity contribution in [3.8, 4) is 122 Å². The van der Waals surface area contributed by atoms with E-state index < -0.39 is 0 Å². The second-order valence-corrected chi connectivity index (χ2v) is 35.4. The average Bonchev–Trinajstić information content (AvgIpc) is 0.686. The van der Waals surface area contributed by atoms with Gasteiger partial charge in [-0.15, -0.1) is 0 Å². The van der Waals surface area contributed by atoms with Gasteiger partial charge in [-0.05, 0) is 188 Å². The van der Waals surface area contributed by atoms with Crippen LogP contribution >= 0.6 is 15.9 Å². The van der Waals surface area contributed by atoms with Crippen LogP contribution in [-0.2, 0) is 0 Å². The molecule has 4 aliphatic heterocycles. The van der Waals surface area contributed by atoms with Crippen LogP contribution in [0.2, 0.25) is 0 Å². The zero-order chi connectivity index (χ0) is 90.2. The maximum absolute atomic E-state index is 6.31. The molecule has 4 heterocycles. The van der Waals surface area contributed by atoms with Gasteiger partial charge in [-0.25, -0.2) is 0 Å². The number of benzene rings is 22. The van der Waals surface area contributed by atoms with Crippen LogP contribution in [0.1, 0.15) is 34.3 Å². The Balaban J connectivity index is 0.000000112. The quantitative estimate of drug-likeness (QED) is 0.0966. The number of hydrogen-bond donors (Lipinski definition) is 4. The normalized spacial score (nSPS) is 13.0.